The maximum Gasteiger partial charge on any atom is 0.128 e. The molecule has 0 heterocycles. The normalized spacial score (nSPS) is 17.0. The van der Waals surface area contributed by atoms with E-state index in [-0.39, 0.29) is 11.7 Å². The largest absolute Gasteiger partial charge is 0.299 e. The van der Waals surface area contributed by atoms with Crippen LogP contribution in [0.15, 0.2) is 54.6 Å². The van der Waals surface area contributed by atoms with Gasteiger partial charge in [-0.15, -0.1) is 0 Å². The Morgan fingerprint density at radius 3 is 2.38 bits per heavy atom. The van der Waals surface area contributed by atoms with Crippen molar-refractivity contribution in [1.29, 1.82) is 5.26 Å². The smallest absolute Gasteiger partial charge is 0.128 e. The van der Waals surface area contributed by atoms with Gasteiger partial charge in [-0.2, -0.15) is 5.26 Å². The molecule has 1 saturated carbocycles. The Labute approximate surface area is 175 Å². The van der Waals surface area contributed by atoms with Gasteiger partial charge in [0.1, 0.15) is 5.82 Å². The van der Waals surface area contributed by atoms with E-state index in [9.17, 15) is 9.65 Å². The molecule has 0 spiro atoms. The summed E-state index contributed by atoms with van der Waals surface area (Å²) in [5, 5.41) is 10.3. The molecule has 2 nitrogen and oxygen atoms in total. The molecule has 0 aromatic heterocycles. The van der Waals surface area contributed by atoms with E-state index in [1.807, 2.05) is 18.2 Å². The van der Waals surface area contributed by atoms with Gasteiger partial charge in [0.15, 0.2) is 0 Å². The third-order valence-electron chi connectivity index (χ3n) is 6.60. The van der Waals surface area contributed by atoms with Crippen molar-refractivity contribution < 1.29 is 4.39 Å². The molecular weight excluding hydrogens is 359 g/mol. The summed E-state index contributed by atoms with van der Waals surface area (Å²) in [6.07, 6.45) is 7.22. The molecular formula is C26H33FN2. The SMILES string of the molecule is CCN(CCCC(C#N)(c1ccccc1F)C1CCCCC1)Cc1ccccc1. The van der Waals surface area contributed by atoms with Gasteiger partial charge >= 0.3 is 0 Å². The molecule has 1 aliphatic carbocycles. The van der Waals surface area contributed by atoms with Gasteiger partial charge in [-0.3, -0.25) is 4.90 Å². The predicted molar refractivity (Wildman–Crippen MR) is 117 cm³/mol. The van der Waals surface area contributed by atoms with E-state index in [4.69, 9.17) is 0 Å². The van der Waals surface area contributed by atoms with Crippen LogP contribution in [0, 0.1) is 23.1 Å². The average Bonchev–Trinajstić information content (AvgIpc) is 2.78. The third kappa shape index (κ3) is 5.25. The van der Waals surface area contributed by atoms with Crippen LogP contribution in [0.5, 0.6) is 0 Å². The minimum atomic E-state index is -0.710. The first-order valence-corrected chi connectivity index (χ1v) is 11.1. The van der Waals surface area contributed by atoms with Gasteiger partial charge in [0.05, 0.1) is 11.5 Å². The molecule has 3 rings (SSSR count). The standard InChI is InChI=1S/C26H33FN2/c1-2-29(20-22-12-5-3-6-13-22)19-11-18-26(21-28,23-14-7-4-8-15-23)24-16-9-10-17-25(24)27/h3,5-6,9-10,12-13,16-17,23H,2,4,7-8,11,14-15,18-20H2,1H3. The Bertz CT molecular complexity index is 792. The van der Waals surface area contributed by atoms with E-state index >= 15 is 0 Å². The van der Waals surface area contributed by atoms with Crippen LogP contribution in [0.2, 0.25) is 0 Å². The second-order valence-corrected chi connectivity index (χ2v) is 8.36. The van der Waals surface area contributed by atoms with Crippen molar-refractivity contribution in [2.75, 3.05) is 13.1 Å². The Morgan fingerprint density at radius 2 is 1.72 bits per heavy atom. The lowest BCUT2D eigenvalue weighted by molar-refractivity contribution is 0.211. The summed E-state index contributed by atoms with van der Waals surface area (Å²) < 4.78 is 14.8. The molecule has 0 N–H and O–H groups in total. The van der Waals surface area contributed by atoms with E-state index in [0.717, 1.165) is 58.2 Å². The number of halogens is 1. The zero-order valence-electron chi connectivity index (χ0n) is 17.6. The Balaban J connectivity index is 1.74. The Kier molecular flexibility index (Phi) is 7.83. The quantitative estimate of drug-likeness (QED) is 0.489. The summed E-state index contributed by atoms with van der Waals surface area (Å²) in [6.45, 7) is 4.99. The van der Waals surface area contributed by atoms with Gasteiger partial charge in [0, 0.05) is 12.1 Å². The van der Waals surface area contributed by atoms with E-state index in [2.05, 4.69) is 42.2 Å². The molecule has 0 saturated heterocycles. The van der Waals surface area contributed by atoms with Gasteiger partial charge in [0.25, 0.3) is 0 Å². The van der Waals surface area contributed by atoms with E-state index in [1.54, 1.807) is 6.07 Å². The zero-order valence-corrected chi connectivity index (χ0v) is 17.6. The minimum absolute atomic E-state index is 0.226. The van der Waals surface area contributed by atoms with Crippen molar-refractivity contribution in [2.45, 2.75) is 63.8 Å². The van der Waals surface area contributed by atoms with Crippen molar-refractivity contribution >= 4 is 0 Å². The van der Waals surface area contributed by atoms with Crippen LogP contribution in [0.3, 0.4) is 0 Å². The van der Waals surface area contributed by atoms with Crippen molar-refractivity contribution in [3.8, 4) is 6.07 Å². The first-order valence-electron chi connectivity index (χ1n) is 11.1. The van der Waals surface area contributed by atoms with Crippen LogP contribution in [0.25, 0.3) is 0 Å². The molecule has 1 atom stereocenters. The van der Waals surface area contributed by atoms with Crippen LogP contribution >= 0.6 is 0 Å². The van der Waals surface area contributed by atoms with Crippen LogP contribution in [-0.2, 0) is 12.0 Å². The first-order chi connectivity index (χ1) is 14.2. The van der Waals surface area contributed by atoms with Gasteiger partial charge in [-0.1, -0.05) is 74.7 Å². The van der Waals surface area contributed by atoms with Crippen LogP contribution in [0.1, 0.15) is 63.0 Å². The number of nitriles is 1. The van der Waals surface area contributed by atoms with E-state index < -0.39 is 5.41 Å². The van der Waals surface area contributed by atoms with Crippen LogP contribution in [0.4, 0.5) is 4.39 Å². The topological polar surface area (TPSA) is 27.0 Å². The first kappa shape index (κ1) is 21.5. The average molecular weight is 393 g/mol. The Morgan fingerprint density at radius 1 is 1.03 bits per heavy atom. The summed E-state index contributed by atoms with van der Waals surface area (Å²) in [5.41, 5.74) is 1.21. The molecule has 0 bridgehead atoms. The highest BCUT2D eigenvalue weighted by molar-refractivity contribution is 5.35. The molecule has 154 valence electrons. The molecule has 0 aliphatic heterocycles. The molecule has 1 unspecified atom stereocenters. The van der Waals surface area contributed by atoms with E-state index in [1.165, 1.54) is 18.1 Å². The van der Waals surface area contributed by atoms with Crippen LogP contribution in [-0.4, -0.2) is 18.0 Å². The molecule has 3 heteroatoms. The second kappa shape index (κ2) is 10.6. The predicted octanol–water partition coefficient (Wildman–Crippen LogP) is 6.47. The van der Waals surface area contributed by atoms with Gasteiger partial charge in [-0.05, 0) is 56.3 Å². The zero-order chi connectivity index (χ0) is 20.5. The second-order valence-electron chi connectivity index (χ2n) is 8.36. The molecule has 1 fully saturated rings. The fourth-order valence-electron chi connectivity index (χ4n) is 4.96. The summed E-state index contributed by atoms with van der Waals surface area (Å²) in [4.78, 5) is 2.42. The van der Waals surface area contributed by atoms with E-state index in [0.29, 0.717) is 5.56 Å². The molecule has 1 aliphatic rings. The van der Waals surface area contributed by atoms with Gasteiger partial charge < -0.3 is 0 Å². The van der Waals surface area contributed by atoms with Crippen molar-refractivity contribution in [3.63, 3.8) is 0 Å². The number of hydrogen-bond donors (Lipinski definition) is 0. The van der Waals surface area contributed by atoms with Crippen molar-refractivity contribution in [2.24, 2.45) is 5.92 Å². The third-order valence-corrected chi connectivity index (χ3v) is 6.60. The highest BCUT2D eigenvalue weighted by Crippen LogP contribution is 2.44. The highest BCUT2D eigenvalue weighted by Gasteiger charge is 2.42. The highest BCUT2D eigenvalue weighted by atomic mass is 19.1. The lowest BCUT2D eigenvalue weighted by Gasteiger charge is -2.38. The summed E-state index contributed by atoms with van der Waals surface area (Å²) >= 11 is 0. The molecule has 2 aromatic rings. The number of rotatable bonds is 9. The lowest BCUT2D eigenvalue weighted by Crippen LogP contribution is -2.37. The summed E-state index contributed by atoms with van der Waals surface area (Å²) in [5.74, 6) is 0.0265. The van der Waals surface area contributed by atoms with Gasteiger partial charge in [0.2, 0.25) is 0 Å². The molecule has 0 amide bonds. The summed E-state index contributed by atoms with van der Waals surface area (Å²) in [7, 11) is 0. The van der Waals surface area contributed by atoms with Crippen LogP contribution < -0.4 is 0 Å². The maximum absolute atomic E-state index is 14.8. The molecule has 0 radical (unpaired) electrons. The monoisotopic (exact) mass is 392 g/mol. The lowest BCUT2D eigenvalue weighted by atomic mass is 9.63. The van der Waals surface area contributed by atoms with Gasteiger partial charge in [-0.25, -0.2) is 4.39 Å². The minimum Gasteiger partial charge on any atom is -0.299 e. The maximum atomic E-state index is 14.8. The number of benzene rings is 2. The number of nitrogens with zero attached hydrogens (tertiary/aromatic N) is 2. The molecule has 2 aromatic carbocycles. The molecule has 29 heavy (non-hydrogen) atoms. The fourth-order valence-corrected chi connectivity index (χ4v) is 4.96. The van der Waals surface area contributed by atoms with Crippen molar-refractivity contribution in [3.05, 3.63) is 71.5 Å². The number of hydrogen-bond acceptors (Lipinski definition) is 2. The van der Waals surface area contributed by atoms with Crippen molar-refractivity contribution in [1.82, 2.24) is 4.90 Å². The Hall–Kier alpha value is -2.18. The summed E-state index contributed by atoms with van der Waals surface area (Å²) in [6, 6.07) is 20.1. The fraction of sp³-hybridized carbons (Fsp3) is 0.500.